The molecule has 0 aliphatic rings. The van der Waals surface area contributed by atoms with Crippen LogP contribution in [0.4, 0.5) is 0 Å². The quantitative estimate of drug-likeness (QED) is 0.519. The number of nitrogens with one attached hydrogen (secondary N) is 1. The Morgan fingerprint density at radius 1 is 1.08 bits per heavy atom. The zero-order valence-electron chi connectivity index (χ0n) is 14.0. The van der Waals surface area contributed by atoms with Gasteiger partial charge in [0.15, 0.2) is 5.76 Å². The van der Waals surface area contributed by atoms with Gasteiger partial charge >= 0.3 is 0 Å². The average Bonchev–Trinajstić information content (AvgIpc) is 3.29. The highest BCUT2D eigenvalue weighted by molar-refractivity contribution is 6.31. The first-order valence-corrected chi connectivity index (χ1v) is 8.59. The van der Waals surface area contributed by atoms with E-state index >= 15 is 0 Å². The number of furan rings is 2. The number of halogens is 1. The first-order chi connectivity index (χ1) is 12.6. The van der Waals surface area contributed by atoms with Gasteiger partial charge in [0, 0.05) is 16.0 Å². The second kappa shape index (κ2) is 6.73. The first-order valence-electron chi connectivity index (χ1n) is 8.21. The van der Waals surface area contributed by atoms with Crippen molar-refractivity contribution in [1.82, 2.24) is 5.32 Å². The molecule has 0 bridgehead atoms. The van der Waals surface area contributed by atoms with Crippen LogP contribution >= 0.6 is 11.6 Å². The van der Waals surface area contributed by atoms with Crippen molar-refractivity contribution >= 4 is 28.5 Å². The summed E-state index contributed by atoms with van der Waals surface area (Å²) in [6.07, 6.45) is 1.59. The maximum Gasteiger partial charge on any atom is 0.288 e. The molecule has 0 radical (unpaired) electrons. The van der Waals surface area contributed by atoms with E-state index in [1.54, 1.807) is 30.5 Å². The van der Waals surface area contributed by atoms with Gasteiger partial charge in [0.1, 0.15) is 17.4 Å². The van der Waals surface area contributed by atoms with Gasteiger partial charge in [-0.25, -0.2) is 0 Å². The van der Waals surface area contributed by atoms with Gasteiger partial charge in [-0.2, -0.15) is 0 Å². The third kappa shape index (κ3) is 3.00. The van der Waals surface area contributed by atoms with E-state index in [4.69, 9.17) is 20.4 Å². The molecule has 0 aliphatic heterocycles. The summed E-state index contributed by atoms with van der Waals surface area (Å²) in [7, 11) is 0. The summed E-state index contributed by atoms with van der Waals surface area (Å²) < 4.78 is 11.3. The highest BCUT2D eigenvalue weighted by Gasteiger charge is 2.24. The Balaban J connectivity index is 1.70. The zero-order valence-corrected chi connectivity index (χ0v) is 14.8. The Kier molecular flexibility index (Phi) is 4.27. The third-order valence-electron chi connectivity index (χ3n) is 4.34. The van der Waals surface area contributed by atoms with E-state index in [9.17, 15) is 4.79 Å². The molecule has 0 fully saturated rings. The number of benzene rings is 2. The molecule has 2 aromatic carbocycles. The number of fused-ring (bicyclic) bond motifs is 1. The Labute approximate surface area is 155 Å². The van der Waals surface area contributed by atoms with Gasteiger partial charge < -0.3 is 14.2 Å². The van der Waals surface area contributed by atoms with E-state index in [2.05, 4.69) is 5.32 Å². The molecule has 130 valence electrons. The maximum absolute atomic E-state index is 12.9. The van der Waals surface area contributed by atoms with Gasteiger partial charge in [-0.15, -0.1) is 0 Å². The van der Waals surface area contributed by atoms with Crippen LogP contribution in [-0.4, -0.2) is 5.91 Å². The van der Waals surface area contributed by atoms with Crippen LogP contribution in [-0.2, 0) is 0 Å². The van der Waals surface area contributed by atoms with Crippen LogP contribution in [0.5, 0.6) is 0 Å². The van der Waals surface area contributed by atoms with Crippen LogP contribution in [0, 0.1) is 6.92 Å². The standard InChI is InChI=1S/C21H16ClNO3/c1-13-16-12-15(22)9-10-17(16)26-20(13)21(24)23-19(18-8-5-11-25-18)14-6-3-2-4-7-14/h2-12,19H,1H3,(H,23,24). The molecule has 0 saturated carbocycles. The molecule has 4 aromatic rings. The molecular formula is C21H16ClNO3. The molecule has 0 aliphatic carbocycles. The van der Waals surface area contributed by atoms with E-state index in [0.29, 0.717) is 16.4 Å². The van der Waals surface area contributed by atoms with E-state index in [1.165, 1.54) is 0 Å². The molecule has 4 rings (SSSR count). The smallest absolute Gasteiger partial charge is 0.288 e. The number of carbonyl (C=O) groups is 1. The molecular weight excluding hydrogens is 350 g/mol. The van der Waals surface area contributed by atoms with Crippen LogP contribution < -0.4 is 5.32 Å². The van der Waals surface area contributed by atoms with E-state index in [-0.39, 0.29) is 11.7 Å². The topological polar surface area (TPSA) is 55.4 Å². The SMILES string of the molecule is Cc1c(C(=O)NC(c2ccccc2)c2ccco2)oc2ccc(Cl)cc12. The van der Waals surface area contributed by atoms with Crippen molar-refractivity contribution in [3.8, 4) is 0 Å². The number of rotatable bonds is 4. The second-order valence-corrected chi connectivity index (χ2v) is 6.47. The zero-order chi connectivity index (χ0) is 18.1. The lowest BCUT2D eigenvalue weighted by Gasteiger charge is -2.16. The summed E-state index contributed by atoms with van der Waals surface area (Å²) >= 11 is 6.06. The van der Waals surface area contributed by atoms with Crippen LogP contribution in [0.3, 0.4) is 0 Å². The minimum atomic E-state index is -0.407. The van der Waals surface area contributed by atoms with Crippen molar-refractivity contribution in [1.29, 1.82) is 0 Å². The fourth-order valence-corrected chi connectivity index (χ4v) is 3.20. The molecule has 0 saturated heterocycles. The van der Waals surface area contributed by atoms with Crippen molar-refractivity contribution in [2.24, 2.45) is 0 Å². The highest BCUT2D eigenvalue weighted by Crippen LogP contribution is 2.29. The third-order valence-corrected chi connectivity index (χ3v) is 4.58. The van der Waals surface area contributed by atoms with Gasteiger partial charge in [0.2, 0.25) is 0 Å². The molecule has 0 spiro atoms. The molecule has 5 heteroatoms. The predicted molar refractivity (Wildman–Crippen MR) is 100 cm³/mol. The van der Waals surface area contributed by atoms with E-state index in [1.807, 2.05) is 43.3 Å². The van der Waals surface area contributed by atoms with Gasteiger partial charge in [-0.05, 0) is 42.8 Å². The molecule has 1 atom stereocenters. The number of hydrogen-bond acceptors (Lipinski definition) is 3. The predicted octanol–water partition coefficient (Wildman–Crippen LogP) is 5.51. The molecule has 2 aromatic heterocycles. The van der Waals surface area contributed by atoms with Gasteiger partial charge in [0.05, 0.1) is 6.26 Å². The normalized spacial score (nSPS) is 12.2. The summed E-state index contributed by atoms with van der Waals surface area (Å²) in [5, 5.41) is 4.44. The van der Waals surface area contributed by atoms with E-state index in [0.717, 1.165) is 16.5 Å². The number of aryl methyl sites for hydroxylation is 1. The van der Waals surface area contributed by atoms with Crippen LogP contribution in [0.15, 0.2) is 75.8 Å². The van der Waals surface area contributed by atoms with Crippen molar-refractivity contribution in [2.75, 3.05) is 0 Å². The molecule has 4 nitrogen and oxygen atoms in total. The summed E-state index contributed by atoms with van der Waals surface area (Å²) in [4.78, 5) is 12.9. The lowest BCUT2D eigenvalue weighted by atomic mass is 10.0. The monoisotopic (exact) mass is 365 g/mol. The highest BCUT2D eigenvalue weighted by atomic mass is 35.5. The Hall–Kier alpha value is -2.98. The van der Waals surface area contributed by atoms with Crippen LogP contribution in [0.1, 0.15) is 33.5 Å². The molecule has 1 N–H and O–H groups in total. The first kappa shape index (κ1) is 16.5. The second-order valence-electron chi connectivity index (χ2n) is 6.03. The average molecular weight is 366 g/mol. The van der Waals surface area contributed by atoms with Crippen LogP contribution in [0.25, 0.3) is 11.0 Å². The van der Waals surface area contributed by atoms with Gasteiger partial charge in [-0.3, -0.25) is 4.79 Å². The molecule has 1 unspecified atom stereocenters. The fraction of sp³-hybridized carbons (Fsp3) is 0.0952. The maximum atomic E-state index is 12.9. The summed E-state index contributed by atoms with van der Waals surface area (Å²) in [6.45, 7) is 1.85. The summed E-state index contributed by atoms with van der Waals surface area (Å²) in [5.41, 5.74) is 2.31. The Morgan fingerprint density at radius 3 is 2.62 bits per heavy atom. The van der Waals surface area contributed by atoms with Crippen molar-refractivity contribution in [3.05, 3.63) is 94.6 Å². The van der Waals surface area contributed by atoms with Crippen molar-refractivity contribution in [2.45, 2.75) is 13.0 Å². The van der Waals surface area contributed by atoms with Crippen LogP contribution in [0.2, 0.25) is 5.02 Å². The lowest BCUT2D eigenvalue weighted by Crippen LogP contribution is -2.29. The minimum absolute atomic E-state index is 0.273. The van der Waals surface area contributed by atoms with Gasteiger partial charge in [-0.1, -0.05) is 41.9 Å². The molecule has 2 heterocycles. The molecule has 1 amide bonds. The number of carbonyl (C=O) groups excluding carboxylic acids is 1. The van der Waals surface area contributed by atoms with Crippen molar-refractivity contribution < 1.29 is 13.6 Å². The number of hydrogen-bond donors (Lipinski definition) is 1. The Bertz CT molecular complexity index is 1050. The number of amides is 1. The fourth-order valence-electron chi connectivity index (χ4n) is 3.03. The molecule has 26 heavy (non-hydrogen) atoms. The van der Waals surface area contributed by atoms with Crippen molar-refractivity contribution in [3.63, 3.8) is 0 Å². The Morgan fingerprint density at radius 2 is 1.88 bits per heavy atom. The van der Waals surface area contributed by atoms with Gasteiger partial charge in [0.25, 0.3) is 5.91 Å². The lowest BCUT2D eigenvalue weighted by molar-refractivity contribution is 0.0912. The summed E-state index contributed by atoms with van der Waals surface area (Å²) in [6, 6.07) is 18.2. The summed E-state index contributed by atoms with van der Waals surface area (Å²) in [5.74, 6) is 0.621. The van der Waals surface area contributed by atoms with E-state index < -0.39 is 6.04 Å². The largest absolute Gasteiger partial charge is 0.467 e. The minimum Gasteiger partial charge on any atom is -0.467 e.